The van der Waals surface area contributed by atoms with Crippen molar-refractivity contribution in [3.05, 3.63) is 33.3 Å². The van der Waals surface area contributed by atoms with Crippen LogP contribution in [0.1, 0.15) is 23.2 Å². The second-order valence-corrected chi connectivity index (χ2v) is 5.39. The highest BCUT2D eigenvalue weighted by Crippen LogP contribution is 2.26. The van der Waals surface area contributed by atoms with Crippen molar-refractivity contribution in [3.63, 3.8) is 0 Å². The van der Waals surface area contributed by atoms with Crippen LogP contribution in [0, 0.1) is 0 Å². The molecule has 0 radical (unpaired) electrons. The molecule has 5 heteroatoms. The molecule has 1 aliphatic rings. The standard InChI is InChI=1S/C12H13BrClNO2/c13-11-6-8(14)3-4-10(11)12(17)15-5-1-2-9(15)7-16/h3-4,6,9,16H,1-2,5,7H2. The van der Waals surface area contributed by atoms with Gasteiger partial charge in [-0.05, 0) is 47.0 Å². The third-order valence-corrected chi connectivity index (χ3v) is 3.90. The topological polar surface area (TPSA) is 40.5 Å². The molecule has 1 aromatic carbocycles. The van der Waals surface area contributed by atoms with E-state index in [1.165, 1.54) is 0 Å². The zero-order valence-corrected chi connectivity index (χ0v) is 11.5. The van der Waals surface area contributed by atoms with Crippen molar-refractivity contribution in [2.45, 2.75) is 18.9 Å². The van der Waals surface area contributed by atoms with Crippen LogP contribution >= 0.6 is 27.5 Å². The molecule has 1 fully saturated rings. The summed E-state index contributed by atoms with van der Waals surface area (Å²) in [6.45, 7) is 0.732. The van der Waals surface area contributed by atoms with E-state index in [9.17, 15) is 9.90 Å². The second-order valence-electron chi connectivity index (χ2n) is 4.10. The summed E-state index contributed by atoms with van der Waals surface area (Å²) in [6, 6.07) is 5.06. The minimum atomic E-state index is -0.0509. The first-order valence-electron chi connectivity index (χ1n) is 5.50. The SMILES string of the molecule is O=C(c1ccc(Cl)cc1Br)N1CCCC1CO. The van der Waals surface area contributed by atoms with Crippen LogP contribution in [0.5, 0.6) is 0 Å². The molecule has 1 unspecified atom stereocenters. The van der Waals surface area contributed by atoms with E-state index in [4.69, 9.17) is 11.6 Å². The van der Waals surface area contributed by atoms with E-state index in [2.05, 4.69) is 15.9 Å². The summed E-state index contributed by atoms with van der Waals surface area (Å²) in [5.41, 5.74) is 0.592. The first-order valence-corrected chi connectivity index (χ1v) is 6.67. The van der Waals surface area contributed by atoms with Crippen LogP contribution in [0.3, 0.4) is 0 Å². The normalized spacial score (nSPS) is 19.7. The monoisotopic (exact) mass is 317 g/mol. The van der Waals surface area contributed by atoms with Gasteiger partial charge in [0.15, 0.2) is 0 Å². The number of halogens is 2. The largest absolute Gasteiger partial charge is 0.394 e. The lowest BCUT2D eigenvalue weighted by Gasteiger charge is -2.23. The Balaban J connectivity index is 2.24. The summed E-state index contributed by atoms with van der Waals surface area (Å²) in [7, 11) is 0. The van der Waals surface area contributed by atoms with E-state index in [0.717, 1.165) is 12.8 Å². The van der Waals surface area contributed by atoms with Crippen molar-refractivity contribution in [2.75, 3.05) is 13.2 Å². The molecular weight excluding hydrogens is 305 g/mol. The maximum atomic E-state index is 12.3. The number of rotatable bonds is 2. The maximum absolute atomic E-state index is 12.3. The minimum absolute atomic E-state index is 0.0248. The molecule has 2 rings (SSSR count). The molecule has 1 heterocycles. The highest BCUT2D eigenvalue weighted by molar-refractivity contribution is 9.10. The molecule has 1 N–H and O–H groups in total. The van der Waals surface area contributed by atoms with Gasteiger partial charge in [0.05, 0.1) is 18.2 Å². The fourth-order valence-corrected chi connectivity index (χ4v) is 2.96. The van der Waals surface area contributed by atoms with E-state index in [1.54, 1.807) is 23.1 Å². The summed E-state index contributed by atoms with van der Waals surface area (Å²) in [5, 5.41) is 9.81. The van der Waals surface area contributed by atoms with Crippen molar-refractivity contribution < 1.29 is 9.90 Å². The summed E-state index contributed by atoms with van der Waals surface area (Å²) < 4.78 is 0.693. The maximum Gasteiger partial charge on any atom is 0.255 e. The van der Waals surface area contributed by atoms with Crippen LogP contribution in [0.25, 0.3) is 0 Å². The molecule has 0 aromatic heterocycles. The molecule has 1 atom stereocenters. The lowest BCUT2D eigenvalue weighted by Crippen LogP contribution is -2.37. The molecule has 3 nitrogen and oxygen atoms in total. The predicted octanol–water partition coefficient (Wildman–Crippen LogP) is 2.70. The van der Waals surface area contributed by atoms with Crippen molar-refractivity contribution >= 4 is 33.4 Å². The molecular formula is C12H13BrClNO2. The van der Waals surface area contributed by atoms with Gasteiger partial charge in [0, 0.05) is 16.0 Å². The van der Waals surface area contributed by atoms with Crippen LogP contribution in [-0.4, -0.2) is 35.1 Å². The molecule has 1 aliphatic heterocycles. The molecule has 0 aliphatic carbocycles. The highest BCUT2D eigenvalue weighted by Gasteiger charge is 2.29. The quantitative estimate of drug-likeness (QED) is 0.911. The third-order valence-electron chi connectivity index (χ3n) is 3.01. The number of benzene rings is 1. The fourth-order valence-electron chi connectivity index (χ4n) is 2.11. The molecule has 1 amide bonds. The van der Waals surface area contributed by atoms with Crippen molar-refractivity contribution in [2.24, 2.45) is 0 Å². The smallest absolute Gasteiger partial charge is 0.255 e. The Morgan fingerprint density at radius 1 is 1.59 bits per heavy atom. The number of amides is 1. The lowest BCUT2D eigenvalue weighted by molar-refractivity contribution is 0.0676. The fraction of sp³-hybridized carbons (Fsp3) is 0.417. The van der Waals surface area contributed by atoms with Gasteiger partial charge in [0.1, 0.15) is 0 Å². The van der Waals surface area contributed by atoms with Crippen molar-refractivity contribution in [1.82, 2.24) is 4.90 Å². The zero-order chi connectivity index (χ0) is 12.4. The van der Waals surface area contributed by atoms with Crippen LogP contribution in [0.4, 0.5) is 0 Å². The number of carbonyl (C=O) groups excluding carboxylic acids is 1. The van der Waals surface area contributed by atoms with E-state index < -0.39 is 0 Å². The average Bonchev–Trinajstić information content (AvgIpc) is 2.76. The van der Waals surface area contributed by atoms with Gasteiger partial charge in [0.25, 0.3) is 5.91 Å². The van der Waals surface area contributed by atoms with Gasteiger partial charge in [-0.3, -0.25) is 4.79 Å². The van der Waals surface area contributed by atoms with E-state index in [-0.39, 0.29) is 18.6 Å². The van der Waals surface area contributed by atoms with Gasteiger partial charge in [-0.1, -0.05) is 11.6 Å². The van der Waals surface area contributed by atoms with Gasteiger partial charge in [-0.15, -0.1) is 0 Å². The summed E-state index contributed by atoms with van der Waals surface area (Å²) in [4.78, 5) is 14.0. The number of carbonyl (C=O) groups is 1. The molecule has 0 bridgehead atoms. The number of hydrogen-bond donors (Lipinski definition) is 1. The zero-order valence-electron chi connectivity index (χ0n) is 9.20. The second kappa shape index (κ2) is 5.38. The molecule has 0 spiro atoms. The van der Waals surface area contributed by atoms with Crippen LogP contribution in [-0.2, 0) is 0 Å². The van der Waals surface area contributed by atoms with E-state index in [1.807, 2.05) is 0 Å². The number of aliphatic hydroxyl groups excluding tert-OH is 1. The molecule has 0 saturated carbocycles. The first kappa shape index (κ1) is 12.9. The predicted molar refractivity (Wildman–Crippen MR) is 70.3 cm³/mol. The number of likely N-dealkylation sites (tertiary alicyclic amines) is 1. The summed E-state index contributed by atoms with van der Waals surface area (Å²) >= 11 is 9.18. The van der Waals surface area contributed by atoms with Gasteiger partial charge in [-0.25, -0.2) is 0 Å². The summed E-state index contributed by atoms with van der Waals surface area (Å²) in [5.74, 6) is -0.0508. The molecule has 92 valence electrons. The van der Waals surface area contributed by atoms with Crippen LogP contribution in [0.2, 0.25) is 5.02 Å². The lowest BCUT2D eigenvalue weighted by atomic mass is 10.2. The molecule has 17 heavy (non-hydrogen) atoms. The van der Waals surface area contributed by atoms with Crippen LogP contribution in [0.15, 0.2) is 22.7 Å². The summed E-state index contributed by atoms with van der Waals surface area (Å²) in [6.07, 6.45) is 1.82. The Morgan fingerprint density at radius 2 is 2.35 bits per heavy atom. The number of nitrogens with zero attached hydrogens (tertiary/aromatic N) is 1. The third kappa shape index (κ3) is 2.64. The Kier molecular flexibility index (Phi) is 4.07. The van der Waals surface area contributed by atoms with Gasteiger partial charge in [-0.2, -0.15) is 0 Å². The molecule has 1 saturated heterocycles. The number of aliphatic hydroxyl groups is 1. The van der Waals surface area contributed by atoms with E-state index >= 15 is 0 Å². The van der Waals surface area contributed by atoms with Crippen molar-refractivity contribution in [1.29, 1.82) is 0 Å². The molecule has 1 aromatic rings. The Bertz CT molecular complexity index is 439. The van der Waals surface area contributed by atoms with Crippen molar-refractivity contribution in [3.8, 4) is 0 Å². The van der Waals surface area contributed by atoms with E-state index in [0.29, 0.717) is 21.6 Å². The Morgan fingerprint density at radius 3 is 3.00 bits per heavy atom. The minimum Gasteiger partial charge on any atom is -0.394 e. The number of hydrogen-bond acceptors (Lipinski definition) is 2. The van der Waals surface area contributed by atoms with Crippen LogP contribution < -0.4 is 0 Å². The Labute approximate surface area is 114 Å². The highest BCUT2D eigenvalue weighted by atomic mass is 79.9. The average molecular weight is 319 g/mol. The van der Waals surface area contributed by atoms with Gasteiger partial charge in [0.2, 0.25) is 0 Å². The van der Waals surface area contributed by atoms with Gasteiger partial charge < -0.3 is 10.0 Å². The van der Waals surface area contributed by atoms with Gasteiger partial charge >= 0.3 is 0 Å². The first-order chi connectivity index (χ1) is 8.13. The Hall–Kier alpha value is -0.580.